The first-order valence-corrected chi connectivity index (χ1v) is 9.23. The first-order chi connectivity index (χ1) is 12.6. The molecule has 7 heteroatoms. The number of thiocarbonyl (C=S) groups is 1. The standard InChI is InChI=1S/C19H16N2O3S2/c1-2-24-18(23)16(14-8-4-3-5-9-14)21-17(22)15(26-19(21)25)11-13-7-6-10-20-12-13/h3-12,16H,2H2,1H3/b15-11-. The number of hydrogen-bond acceptors (Lipinski definition) is 6. The van der Waals surface area contributed by atoms with Crippen molar-refractivity contribution in [1.29, 1.82) is 0 Å². The number of benzene rings is 1. The topological polar surface area (TPSA) is 59.5 Å². The van der Waals surface area contributed by atoms with Crippen LogP contribution in [-0.2, 0) is 14.3 Å². The van der Waals surface area contributed by atoms with Crippen molar-refractivity contribution in [3.8, 4) is 0 Å². The smallest absolute Gasteiger partial charge is 0.333 e. The summed E-state index contributed by atoms with van der Waals surface area (Å²) in [4.78, 5) is 31.4. The van der Waals surface area contributed by atoms with Crippen molar-refractivity contribution in [3.63, 3.8) is 0 Å². The van der Waals surface area contributed by atoms with Gasteiger partial charge in [-0.1, -0.05) is 60.4 Å². The number of hydrogen-bond donors (Lipinski definition) is 0. The normalized spacial score (nSPS) is 16.8. The molecule has 1 aromatic heterocycles. The maximum Gasteiger partial charge on any atom is 0.333 e. The molecule has 5 nitrogen and oxygen atoms in total. The molecular formula is C19H16N2O3S2. The van der Waals surface area contributed by atoms with Crippen LogP contribution in [0.1, 0.15) is 24.1 Å². The molecule has 0 bridgehead atoms. The minimum atomic E-state index is -0.900. The van der Waals surface area contributed by atoms with Gasteiger partial charge >= 0.3 is 5.97 Å². The van der Waals surface area contributed by atoms with E-state index in [2.05, 4.69) is 4.98 Å². The van der Waals surface area contributed by atoms with Crippen LogP contribution in [0.25, 0.3) is 6.08 Å². The molecule has 1 aliphatic rings. The Morgan fingerprint density at radius 2 is 2.08 bits per heavy atom. The second-order valence-corrected chi connectivity index (χ2v) is 7.08. The molecule has 132 valence electrons. The number of esters is 1. The minimum Gasteiger partial charge on any atom is -0.464 e. The van der Waals surface area contributed by atoms with E-state index in [1.807, 2.05) is 24.3 Å². The number of amides is 1. The summed E-state index contributed by atoms with van der Waals surface area (Å²) in [6.07, 6.45) is 5.04. The highest BCUT2D eigenvalue weighted by molar-refractivity contribution is 8.26. The predicted molar refractivity (Wildman–Crippen MR) is 105 cm³/mol. The van der Waals surface area contributed by atoms with Gasteiger partial charge in [-0.2, -0.15) is 0 Å². The van der Waals surface area contributed by atoms with Gasteiger partial charge in [0.05, 0.1) is 11.5 Å². The van der Waals surface area contributed by atoms with Crippen molar-refractivity contribution in [2.24, 2.45) is 0 Å². The van der Waals surface area contributed by atoms with Gasteiger partial charge in [0.15, 0.2) is 6.04 Å². The quantitative estimate of drug-likeness (QED) is 0.446. The number of ether oxygens (including phenoxy) is 1. The van der Waals surface area contributed by atoms with Crippen LogP contribution in [0, 0.1) is 0 Å². The Hall–Kier alpha value is -2.51. The molecule has 1 aromatic carbocycles. The van der Waals surface area contributed by atoms with Gasteiger partial charge in [0, 0.05) is 12.4 Å². The van der Waals surface area contributed by atoms with Gasteiger partial charge in [-0.15, -0.1) is 0 Å². The molecule has 1 amide bonds. The minimum absolute atomic E-state index is 0.225. The maximum atomic E-state index is 13.0. The molecule has 0 spiro atoms. The molecule has 0 radical (unpaired) electrons. The molecule has 2 aromatic rings. The van der Waals surface area contributed by atoms with Gasteiger partial charge in [0.25, 0.3) is 5.91 Å². The largest absolute Gasteiger partial charge is 0.464 e. The van der Waals surface area contributed by atoms with Crippen LogP contribution in [0.3, 0.4) is 0 Å². The number of rotatable bonds is 5. The zero-order valence-corrected chi connectivity index (χ0v) is 15.6. The Bertz CT molecular complexity index is 854. The Morgan fingerprint density at radius 3 is 2.73 bits per heavy atom. The fourth-order valence-electron chi connectivity index (χ4n) is 2.56. The molecular weight excluding hydrogens is 368 g/mol. The Labute approximate surface area is 161 Å². The summed E-state index contributed by atoms with van der Waals surface area (Å²) < 4.78 is 5.52. The van der Waals surface area contributed by atoms with Crippen LogP contribution in [0.4, 0.5) is 0 Å². The van der Waals surface area contributed by atoms with E-state index in [4.69, 9.17) is 17.0 Å². The monoisotopic (exact) mass is 384 g/mol. The van der Waals surface area contributed by atoms with Crippen molar-refractivity contribution in [1.82, 2.24) is 9.88 Å². The van der Waals surface area contributed by atoms with Crippen LogP contribution in [0.5, 0.6) is 0 Å². The molecule has 1 saturated heterocycles. The average Bonchev–Trinajstić information content (AvgIpc) is 2.92. The number of thioether (sulfide) groups is 1. The summed E-state index contributed by atoms with van der Waals surface area (Å²) in [6.45, 7) is 1.95. The highest BCUT2D eigenvalue weighted by Gasteiger charge is 2.42. The number of pyridine rings is 1. The van der Waals surface area contributed by atoms with Gasteiger partial charge in [0.2, 0.25) is 0 Å². The van der Waals surface area contributed by atoms with E-state index in [0.717, 1.165) is 5.56 Å². The van der Waals surface area contributed by atoms with Crippen molar-refractivity contribution >= 4 is 46.3 Å². The SMILES string of the molecule is CCOC(=O)C(c1ccccc1)N1C(=O)/C(=C/c2cccnc2)SC1=S. The molecule has 1 atom stereocenters. The second kappa shape index (κ2) is 8.25. The molecule has 26 heavy (non-hydrogen) atoms. The van der Waals surface area contributed by atoms with E-state index >= 15 is 0 Å². The summed E-state index contributed by atoms with van der Waals surface area (Å²) in [5, 5.41) is 0. The highest BCUT2D eigenvalue weighted by Crippen LogP contribution is 2.38. The van der Waals surface area contributed by atoms with Crippen LogP contribution in [-0.4, -0.2) is 32.7 Å². The summed E-state index contributed by atoms with van der Waals surface area (Å²) in [5.41, 5.74) is 1.45. The average molecular weight is 384 g/mol. The first kappa shape index (κ1) is 18.3. The number of aromatic nitrogens is 1. The fraction of sp³-hybridized carbons (Fsp3) is 0.158. The van der Waals surface area contributed by atoms with Crippen LogP contribution in [0.2, 0.25) is 0 Å². The lowest BCUT2D eigenvalue weighted by Gasteiger charge is -2.25. The Kier molecular flexibility index (Phi) is 5.80. The van der Waals surface area contributed by atoms with Gasteiger partial charge in [0.1, 0.15) is 4.32 Å². The summed E-state index contributed by atoms with van der Waals surface area (Å²) in [6, 6.07) is 11.8. The first-order valence-electron chi connectivity index (χ1n) is 8.00. The number of carbonyl (C=O) groups is 2. The highest BCUT2D eigenvalue weighted by atomic mass is 32.2. The van der Waals surface area contributed by atoms with E-state index in [0.29, 0.717) is 14.8 Å². The van der Waals surface area contributed by atoms with E-state index in [1.165, 1.54) is 16.7 Å². The molecule has 2 heterocycles. The third kappa shape index (κ3) is 3.84. The lowest BCUT2D eigenvalue weighted by Crippen LogP contribution is -2.38. The molecule has 3 rings (SSSR count). The molecule has 0 saturated carbocycles. The molecule has 1 aliphatic heterocycles. The summed E-state index contributed by atoms with van der Waals surface area (Å²) in [7, 11) is 0. The molecule has 0 aliphatic carbocycles. The molecule has 1 unspecified atom stereocenters. The fourth-order valence-corrected chi connectivity index (χ4v) is 3.88. The van der Waals surface area contributed by atoms with Gasteiger partial charge in [-0.25, -0.2) is 4.79 Å². The van der Waals surface area contributed by atoms with E-state index in [9.17, 15) is 9.59 Å². The second-order valence-electron chi connectivity index (χ2n) is 5.40. The Balaban J connectivity index is 1.97. The van der Waals surface area contributed by atoms with Gasteiger partial charge in [-0.05, 0) is 30.2 Å². The molecule has 0 N–H and O–H groups in total. The zero-order chi connectivity index (χ0) is 18.5. The van der Waals surface area contributed by atoms with E-state index in [-0.39, 0.29) is 12.5 Å². The van der Waals surface area contributed by atoms with Crippen LogP contribution >= 0.6 is 24.0 Å². The zero-order valence-electron chi connectivity index (χ0n) is 14.0. The summed E-state index contributed by atoms with van der Waals surface area (Å²) >= 11 is 6.56. The van der Waals surface area contributed by atoms with Crippen molar-refractivity contribution in [2.75, 3.05) is 6.61 Å². The van der Waals surface area contributed by atoms with Gasteiger partial charge < -0.3 is 4.74 Å². The summed E-state index contributed by atoms with van der Waals surface area (Å²) in [5.74, 6) is -0.816. The predicted octanol–water partition coefficient (Wildman–Crippen LogP) is 3.59. The van der Waals surface area contributed by atoms with Crippen LogP contribution < -0.4 is 0 Å². The Morgan fingerprint density at radius 1 is 1.31 bits per heavy atom. The van der Waals surface area contributed by atoms with Crippen LogP contribution in [0.15, 0.2) is 59.8 Å². The van der Waals surface area contributed by atoms with E-state index < -0.39 is 12.0 Å². The number of carbonyl (C=O) groups excluding carboxylic acids is 2. The molecule has 1 fully saturated rings. The lowest BCUT2D eigenvalue weighted by atomic mass is 10.1. The lowest BCUT2D eigenvalue weighted by molar-refractivity contribution is -0.151. The van der Waals surface area contributed by atoms with E-state index in [1.54, 1.807) is 43.6 Å². The van der Waals surface area contributed by atoms with Crippen molar-refractivity contribution in [2.45, 2.75) is 13.0 Å². The number of nitrogens with zero attached hydrogens (tertiary/aromatic N) is 2. The van der Waals surface area contributed by atoms with Crippen molar-refractivity contribution < 1.29 is 14.3 Å². The van der Waals surface area contributed by atoms with Gasteiger partial charge in [-0.3, -0.25) is 14.7 Å². The third-order valence-corrected chi connectivity index (χ3v) is 5.02. The third-order valence-electron chi connectivity index (χ3n) is 3.69. The van der Waals surface area contributed by atoms with Crippen molar-refractivity contribution in [3.05, 3.63) is 70.9 Å². The maximum absolute atomic E-state index is 13.0.